The second-order valence-corrected chi connectivity index (χ2v) is 8.65. The molecule has 36 heavy (non-hydrogen) atoms. The van der Waals surface area contributed by atoms with Gasteiger partial charge in [0.25, 0.3) is 17.5 Å². The Hall–Kier alpha value is -4.24. The van der Waals surface area contributed by atoms with Crippen molar-refractivity contribution in [2.75, 3.05) is 0 Å². The molecule has 0 radical (unpaired) electrons. The van der Waals surface area contributed by atoms with Crippen molar-refractivity contribution in [3.63, 3.8) is 0 Å². The van der Waals surface area contributed by atoms with Gasteiger partial charge in [-0.05, 0) is 77.7 Å². The fourth-order valence-electron chi connectivity index (χ4n) is 3.13. The van der Waals surface area contributed by atoms with Crippen molar-refractivity contribution >= 4 is 35.3 Å². The molecule has 0 aliphatic carbocycles. The number of ether oxygens (including phenoxy) is 1. The van der Waals surface area contributed by atoms with Crippen molar-refractivity contribution in [3.05, 3.63) is 105 Å². The molecule has 3 aromatic carbocycles. The van der Waals surface area contributed by atoms with Gasteiger partial charge in [0.05, 0.1) is 11.1 Å². The number of hydrogen-bond donors (Lipinski definition) is 2. The molecule has 0 aliphatic heterocycles. The molecule has 0 saturated heterocycles. The number of benzene rings is 3. The summed E-state index contributed by atoms with van der Waals surface area (Å²) in [5, 5.41) is 18.0. The third-order valence-corrected chi connectivity index (χ3v) is 5.42. The van der Waals surface area contributed by atoms with Gasteiger partial charge in [0.15, 0.2) is 0 Å². The maximum Gasteiger partial charge on any atom is 0.269 e. The first kappa shape index (κ1) is 26.4. The molecule has 3 rings (SSSR count). The Bertz CT molecular complexity index is 1230. The van der Waals surface area contributed by atoms with E-state index in [0.717, 1.165) is 11.1 Å². The van der Waals surface area contributed by atoms with Gasteiger partial charge in [-0.3, -0.25) is 19.7 Å². The summed E-state index contributed by atoms with van der Waals surface area (Å²) < 4.78 is 5.70. The number of nitro benzene ring substituents is 1. The number of nitrogens with one attached hydrogen (secondary N) is 2. The van der Waals surface area contributed by atoms with Crippen molar-refractivity contribution in [3.8, 4) is 5.75 Å². The van der Waals surface area contributed by atoms with E-state index in [0.29, 0.717) is 16.3 Å². The molecule has 1 atom stereocenters. The van der Waals surface area contributed by atoms with Crippen molar-refractivity contribution in [2.24, 2.45) is 11.0 Å². The summed E-state index contributed by atoms with van der Waals surface area (Å²) >= 11 is 5.86. The van der Waals surface area contributed by atoms with Crippen LogP contribution in [0.3, 0.4) is 0 Å². The highest BCUT2D eigenvalue weighted by Gasteiger charge is 2.24. The Balaban J connectivity index is 1.51. The number of hydrazone groups is 1. The normalized spacial score (nSPS) is 11.8. The Kier molecular flexibility index (Phi) is 9.13. The first-order chi connectivity index (χ1) is 17.2. The standard InChI is InChI=1S/C26H25ClN4O5/c1-17(2)24(29-25(32)20-7-9-21(27)10-8-20)26(33)30-28-15-18-5-13-23(14-6-18)36-16-19-3-11-22(12-4-19)31(34)35/h3-15,17,24H,16H2,1-2H3,(H,29,32)(H,30,33)/b28-15+. The molecule has 0 aliphatic rings. The zero-order valence-electron chi connectivity index (χ0n) is 19.7. The van der Waals surface area contributed by atoms with Gasteiger partial charge >= 0.3 is 0 Å². The average Bonchev–Trinajstić information content (AvgIpc) is 2.87. The van der Waals surface area contributed by atoms with Crippen LogP contribution in [0.15, 0.2) is 77.9 Å². The minimum Gasteiger partial charge on any atom is -0.489 e. The zero-order chi connectivity index (χ0) is 26.1. The van der Waals surface area contributed by atoms with E-state index >= 15 is 0 Å². The molecule has 10 heteroatoms. The van der Waals surface area contributed by atoms with Crippen LogP contribution in [-0.2, 0) is 11.4 Å². The number of non-ortho nitro benzene ring substituents is 1. The smallest absolute Gasteiger partial charge is 0.269 e. The molecule has 9 nitrogen and oxygen atoms in total. The minimum atomic E-state index is -0.777. The molecule has 186 valence electrons. The quantitative estimate of drug-likeness (QED) is 0.233. The highest BCUT2D eigenvalue weighted by atomic mass is 35.5. The Morgan fingerprint density at radius 1 is 1.03 bits per heavy atom. The van der Waals surface area contributed by atoms with Crippen LogP contribution in [0.25, 0.3) is 0 Å². The van der Waals surface area contributed by atoms with Gasteiger partial charge < -0.3 is 10.1 Å². The van der Waals surface area contributed by atoms with E-state index in [4.69, 9.17) is 16.3 Å². The molecule has 0 fully saturated rings. The van der Waals surface area contributed by atoms with Crippen molar-refractivity contribution in [2.45, 2.75) is 26.5 Å². The lowest BCUT2D eigenvalue weighted by Crippen LogP contribution is -2.48. The van der Waals surface area contributed by atoms with Gasteiger partial charge in [-0.1, -0.05) is 25.4 Å². The van der Waals surface area contributed by atoms with Crippen molar-refractivity contribution < 1.29 is 19.2 Å². The monoisotopic (exact) mass is 508 g/mol. The lowest BCUT2D eigenvalue weighted by Gasteiger charge is -2.20. The molecule has 0 heterocycles. The summed E-state index contributed by atoms with van der Waals surface area (Å²) in [5.74, 6) is -0.372. The Morgan fingerprint density at radius 2 is 1.67 bits per heavy atom. The van der Waals surface area contributed by atoms with Crippen LogP contribution >= 0.6 is 11.6 Å². The van der Waals surface area contributed by atoms with Crippen LogP contribution in [0, 0.1) is 16.0 Å². The van der Waals surface area contributed by atoms with Crippen LogP contribution in [0.1, 0.15) is 35.3 Å². The highest BCUT2D eigenvalue weighted by Crippen LogP contribution is 2.16. The van der Waals surface area contributed by atoms with Crippen molar-refractivity contribution in [1.82, 2.24) is 10.7 Å². The molecule has 0 saturated carbocycles. The summed E-state index contributed by atoms with van der Waals surface area (Å²) in [6, 6.07) is 18.8. The van der Waals surface area contributed by atoms with E-state index in [2.05, 4.69) is 15.8 Å². The molecule has 2 N–H and O–H groups in total. The molecule has 0 aromatic heterocycles. The SMILES string of the molecule is CC(C)C(NC(=O)c1ccc(Cl)cc1)C(=O)N/N=C/c1ccc(OCc2ccc([N+](=O)[O-])cc2)cc1. The van der Waals surface area contributed by atoms with Gasteiger partial charge in [-0.2, -0.15) is 5.10 Å². The van der Waals surface area contributed by atoms with Crippen LogP contribution in [0.4, 0.5) is 5.69 Å². The number of carbonyl (C=O) groups excluding carboxylic acids is 2. The van der Waals surface area contributed by atoms with Crippen LogP contribution in [-0.4, -0.2) is 29.0 Å². The number of halogens is 1. The van der Waals surface area contributed by atoms with Crippen LogP contribution in [0.2, 0.25) is 5.02 Å². The molecule has 0 spiro atoms. The molecule has 3 aromatic rings. The van der Waals surface area contributed by atoms with E-state index in [1.807, 2.05) is 13.8 Å². The zero-order valence-corrected chi connectivity index (χ0v) is 20.4. The first-order valence-corrected chi connectivity index (χ1v) is 11.5. The second kappa shape index (κ2) is 12.5. The summed E-state index contributed by atoms with van der Waals surface area (Å²) in [5.41, 5.74) is 4.42. The van der Waals surface area contributed by atoms with Crippen LogP contribution in [0.5, 0.6) is 5.75 Å². The first-order valence-electron chi connectivity index (χ1n) is 11.1. The van der Waals surface area contributed by atoms with E-state index in [1.54, 1.807) is 60.7 Å². The van der Waals surface area contributed by atoms with E-state index in [1.165, 1.54) is 18.3 Å². The third kappa shape index (κ3) is 7.64. The average molecular weight is 509 g/mol. The largest absolute Gasteiger partial charge is 0.489 e. The highest BCUT2D eigenvalue weighted by molar-refractivity contribution is 6.30. The van der Waals surface area contributed by atoms with E-state index in [9.17, 15) is 19.7 Å². The van der Waals surface area contributed by atoms with Crippen molar-refractivity contribution in [1.29, 1.82) is 0 Å². The molecule has 2 amide bonds. The number of amides is 2. The Morgan fingerprint density at radius 3 is 2.25 bits per heavy atom. The molecule has 1 unspecified atom stereocenters. The maximum absolute atomic E-state index is 12.6. The predicted molar refractivity (Wildman–Crippen MR) is 137 cm³/mol. The van der Waals surface area contributed by atoms with Gasteiger partial charge in [0.1, 0.15) is 18.4 Å². The minimum absolute atomic E-state index is 0.0260. The number of rotatable bonds is 10. The van der Waals surface area contributed by atoms with Gasteiger partial charge in [-0.15, -0.1) is 0 Å². The molecular formula is C26H25ClN4O5. The summed E-state index contributed by atoms with van der Waals surface area (Å²) in [6.45, 7) is 3.91. The summed E-state index contributed by atoms with van der Waals surface area (Å²) in [6.07, 6.45) is 1.48. The van der Waals surface area contributed by atoms with Gasteiger partial charge in [0.2, 0.25) is 0 Å². The summed E-state index contributed by atoms with van der Waals surface area (Å²) in [4.78, 5) is 35.4. The summed E-state index contributed by atoms with van der Waals surface area (Å²) in [7, 11) is 0. The van der Waals surface area contributed by atoms with E-state index in [-0.39, 0.29) is 24.1 Å². The predicted octanol–water partition coefficient (Wildman–Crippen LogP) is 4.73. The number of nitrogens with zero attached hydrogens (tertiary/aromatic N) is 2. The number of carbonyl (C=O) groups is 2. The fourth-order valence-corrected chi connectivity index (χ4v) is 3.26. The number of nitro groups is 1. The molecular weight excluding hydrogens is 484 g/mol. The number of hydrogen-bond acceptors (Lipinski definition) is 6. The maximum atomic E-state index is 12.6. The topological polar surface area (TPSA) is 123 Å². The second-order valence-electron chi connectivity index (χ2n) is 8.22. The third-order valence-electron chi connectivity index (χ3n) is 5.16. The lowest BCUT2D eigenvalue weighted by atomic mass is 10.0. The van der Waals surface area contributed by atoms with E-state index < -0.39 is 16.9 Å². The Labute approximate surface area is 213 Å². The van der Waals surface area contributed by atoms with Gasteiger partial charge in [0, 0.05) is 22.7 Å². The molecule has 0 bridgehead atoms. The lowest BCUT2D eigenvalue weighted by molar-refractivity contribution is -0.384. The van der Waals surface area contributed by atoms with Crippen LogP contribution < -0.4 is 15.5 Å². The fraction of sp³-hybridized carbons (Fsp3) is 0.192. The van der Waals surface area contributed by atoms with Gasteiger partial charge in [-0.25, -0.2) is 5.43 Å².